The van der Waals surface area contributed by atoms with E-state index in [2.05, 4.69) is 15.9 Å². The van der Waals surface area contributed by atoms with Crippen LogP contribution >= 0.6 is 27.7 Å². The number of nitrogens with zero attached hydrogens (tertiary/aromatic N) is 1. The lowest BCUT2D eigenvalue weighted by atomic mass is 10.3. The van der Waals surface area contributed by atoms with Gasteiger partial charge in [-0.15, -0.1) is 11.8 Å². The van der Waals surface area contributed by atoms with E-state index in [-0.39, 0.29) is 5.75 Å². The van der Waals surface area contributed by atoms with E-state index < -0.39 is 0 Å². The molecule has 1 aromatic rings. The molecule has 0 aliphatic heterocycles. The highest BCUT2D eigenvalue weighted by Gasteiger charge is 1.98. The average Bonchev–Trinajstić information content (AvgIpc) is 2.07. The Labute approximate surface area is 83.3 Å². The number of rotatable bonds is 2. The summed E-state index contributed by atoms with van der Waals surface area (Å²) in [6.45, 7) is 0. The molecule has 0 aromatic heterocycles. The van der Waals surface area contributed by atoms with E-state index in [0.717, 1.165) is 4.90 Å². The second-order valence-electron chi connectivity index (χ2n) is 2.06. The molecular weight excluding hydrogens is 238 g/mol. The van der Waals surface area contributed by atoms with Gasteiger partial charge in [0.1, 0.15) is 5.75 Å². The number of phenolic OH excluding ortho intramolecular Hbond substituents is 1. The van der Waals surface area contributed by atoms with Gasteiger partial charge in [0.2, 0.25) is 0 Å². The molecule has 2 nitrogen and oxygen atoms in total. The highest BCUT2D eigenvalue weighted by molar-refractivity contribution is 9.10. The Morgan fingerprint density at radius 3 is 2.92 bits per heavy atom. The van der Waals surface area contributed by atoms with Gasteiger partial charge in [-0.05, 0) is 34.1 Å². The Morgan fingerprint density at radius 2 is 2.33 bits per heavy atom. The lowest BCUT2D eigenvalue weighted by molar-refractivity contribution is 0.471. The maximum Gasteiger partial charge on any atom is 0.129 e. The van der Waals surface area contributed by atoms with Crippen LogP contribution in [0.1, 0.15) is 0 Å². The van der Waals surface area contributed by atoms with Crippen molar-refractivity contribution in [3.05, 3.63) is 22.7 Å². The Bertz CT molecular complexity index is 321. The fraction of sp³-hybridized carbons (Fsp3) is 0.125. The summed E-state index contributed by atoms with van der Waals surface area (Å²) in [6, 6.07) is 7.21. The van der Waals surface area contributed by atoms with Gasteiger partial charge in [0, 0.05) is 4.90 Å². The Morgan fingerprint density at radius 1 is 1.58 bits per heavy atom. The van der Waals surface area contributed by atoms with Gasteiger partial charge in [0.15, 0.2) is 0 Å². The molecule has 0 bridgehead atoms. The van der Waals surface area contributed by atoms with Gasteiger partial charge in [-0.1, -0.05) is 0 Å². The lowest BCUT2D eigenvalue weighted by Crippen LogP contribution is -1.75. The van der Waals surface area contributed by atoms with Crippen LogP contribution in [0, 0.1) is 11.3 Å². The molecule has 1 aromatic carbocycles. The molecule has 0 saturated carbocycles. The molecule has 4 heteroatoms. The number of hydrogen-bond donors (Lipinski definition) is 1. The highest BCUT2D eigenvalue weighted by atomic mass is 79.9. The van der Waals surface area contributed by atoms with Crippen LogP contribution in [0.4, 0.5) is 0 Å². The number of halogens is 1. The van der Waals surface area contributed by atoms with Gasteiger partial charge in [-0.25, -0.2) is 0 Å². The smallest absolute Gasteiger partial charge is 0.129 e. The van der Waals surface area contributed by atoms with E-state index in [1.165, 1.54) is 11.8 Å². The number of phenols is 1. The normalized spacial score (nSPS) is 9.33. The summed E-state index contributed by atoms with van der Waals surface area (Å²) < 4.78 is 0.658. The van der Waals surface area contributed by atoms with E-state index in [1.54, 1.807) is 18.2 Å². The molecule has 0 amide bonds. The van der Waals surface area contributed by atoms with Crippen molar-refractivity contribution >= 4 is 27.7 Å². The largest absolute Gasteiger partial charge is 0.507 e. The molecule has 0 unspecified atom stereocenters. The monoisotopic (exact) mass is 243 g/mol. The molecular formula is C8H6BrNOS. The first-order valence-corrected chi connectivity index (χ1v) is 5.00. The topological polar surface area (TPSA) is 44.0 Å². The molecule has 0 spiro atoms. The Kier molecular flexibility index (Phi) is 3.45. The number of benzene rings is 1. The Balaban J connectivity index is 2.77. The lowest BCUT2D eigenvalue weighted by Gasteiger charge is -1.99. The standard InChI is InChI=1S/C8H6BrNOS/c9-7-5-6(12-4-3-10)1-2-8(7)11/h1-2,5,11H,4H2. The molecule has 62 valence electrons. The second kappa shape index (κ2) is 4.39. The van der Waals surface area contributed by atoms with Crippen molar-refractivity contribution < 1.29 is 5.11 Å². The zero-order valence-corrected chi connectivity index (χ0v) is 8.52. The highest BCUT2D eigenvalue weighted by Crippen LogP contribution is 2.28. The van der Waals surface area contributed by atoms with Crippen molar-refractivity contribution in [3.8, 4) is 11.8 Å². The first kappa shape index (κ1) is 9.43. The maximum absolute atomic E-state index is 9.15. The summed E-state index contributed by atoms with van der Waals surface area (Å²) in [4.78, 5) is 0.973. The van der Waals surface area contributed by atoms with Gasteiger partial charge in [-0.3, -0.25) is 0 Å². The fourth-order valence-corrected chi connectivity index (χ4v) is 1.82. The van der Waals surface area contributed by atoms with E-state index >= 15 is 0 Å². The third-order valence-electron chi connectivity index (χ3n) is 1.22. The average molecular weight is 244 g/mol. The minimum absolute atomic E-state index is 0.219. The predicted octanol–water partition coefficient (Wildman–Crippen LogP) is 2.77. The zero-order chi connectivity index (χ0) is 8.97. The van der Waals surface area contributed by atoms with Crippen molar-refractivity contribution in [1.82, 2.24) is 0 Å². The first-order valence-electron chi connectivity index (χ1n) is 3.22. The quantitative estimate of drug-likeness (QED) is 0.813. The fourth-order valence-electron chi connectivity index (χ4n) is 0.693. The summed E-state index contributed by atoms with van der Waals surface area (Å²) in [5.41, 5.74) is 0. The number of nitriles is 1. The molecule has 0 heterocycles. The van der Waals surface area contributed by atoms with Crippen LogP contribution in [0.5, 0.6) is 5.75 Å². The SMILES string of the molecule is N#CCSc1ccc(O)c(Br)c1. The van der Waals surface area contributed by atoms with E-state index in [9.17, 15) is 0 Å². The van der Waals surface area contributed by atoms with E-state index in [0.29, 0.717) is 10.2 Å². The number of thioether (sulfide) groups is 1. The van der Waals surface area contributed by atoms with Crippen LogP contribution in [0.25, 0.3) is 0 Å². The van der Waals surface area contributed by atoms with Gasteiger partial charge < -0.3 is 5.11 Å². The van der Waals surface area contributed by atoms with Crippen LogP contribution in [-0.4, -0.2) is 10.9 Å². The molecule has 0 atom stereocenters. The summed E-state index contributed by atoms with van der Waals surface area (Å²) in [5, 5.41) is 17.5. The minimum atomic E-state index is 0.219. The predicted molar refractivity (Wildman–Crippen MR) is 52.1 cm³/mol. The minimum Gasteiger partial charge on any atom is -0.507 e. The molecule has 0 aliphatic carbocycles. The van der Waals surface area contributed by atoms with Crippen molar-refractivity contribution in [3.63, 3.8) is 0 Å². The third kappa shape index (κ3) is 2.43. The van der Waals surface area contributed by atoms with Gasteiger partial charge in [0.25, 0.3) is 0 Å². The molecule has 12 heavy (non-hydrogen) atoms. The van der Waals surface area contributed by atoms with Gasteiger partial charge >= 0.3 is 0 Å². The molecule has 0 radical (unpaired) electrons. The first-order chi connectivity index (χ1) is 5.74. The third-order valence-corrected chi connectivity index (χ3v) is 2.72. The maximum atomic E-state index is 9.15. The number of aromatic hydroxyl groups is 1. The van der Waals surface area contributed by atoms with Crippen molar-refractivity contribution in [2.24, 2.45) is 0 Å². The second-order valence-corrected chi connectivity index (χ2v) is 3.96. The Hall–Kier alpha value is -0.660. The summed E-state index contributed by atoms with van der Waals surface area (Å²) in [6.07, 6.45) is 0. The summed E-state index contributed by atoms with van der Waals surface area (Å²) in [5.74, 6) is 0.647. The van der Waals surface area contributed by atoms with E-state index in [1.807, 2.05) is 6.07 Å². The van der Waals surface area contributed by atoms with Crippen LogP contribution in [0.15, 0.2) is 27.6 Å². The zero-order valence-electron chi connectivity index (χ0n) is 6.12. The molecule has 1 N–H and O–H groups in total. The van der Waals surface area contributed by atoms with Crippen LogP contribution < -0.4 is 0 Å². The molecule has 0 saturated heterocycles. The molecule has 0 aliphatic rings. The number of hydrogen-bond acceptors (Lipinski definition) is 3. The molecule has 1 rings (SSSR count). The van der Waals surface area contributed by atoms with Crippen molar-refractivity contribution in [2.45, 2.75) is 4.90 Å². The van der Waals surface area contributed by atoms with Crippen molar-refractivity contribution in [2.75, 3.05) is 5.75 Å². The molecule has 0 fully saturated rings. The van der Waals surface area contributed by atoms with Gasteiger partial charge in [-0.2, -0.15) is 5.26 Å². The van der Waals surface area contributed by atoms with Crippen LogP contribution in [-0.2, 0) is 0 Å². The summed E-state index contributed by atoms with van der Waals surface area (Å²) >= 11 is 4.63. The van der Waals surface area contributed by atoms with E-state index in [4.69, 9.17) is 10.4 Å². The van der Waals surface area contributed by atoms with Crippen LogP contribution in [0.2, 0.25) is 0 Å². The van der Waals surface area contributed by atoms with Crippen molar-refractivity contribution in [1.29, 1.82) is 5.26 Å². The summed E-state index contributed by atoms with van der Waals surface area (Å²) in [7, 11) is 0. The van der Waals surface area contributed by atoms with Crippen LogP contribution in [0.3, 0.4) is 0 Å². The van der Waals surface area contributed by atoms with Gasteiger partial charge in [0.05, 0.1) is 16.3 Å².